The number of rotatable bonds is 4. The lowest BCUT2D eigenvalue weighted by Gasteiger charge is -2.19. The van der Waals surface area contributed by atoms with E-state index in [4.69, 9.17) is 0 Å². The highest BCUT2D eigenvalue weighted by Crippen LogP contribution is 2.28. The molecule has 2 aliphatic heterocycles. The quantitative estimate of drug-likeness (QED) is 0.772. The van der Waals surface area contributed by atoms with Gasteiger partial charge in [0.15, 0.2) is 0 Å². The maximum absolute atomic E-state index is 12.0. The summed E-state index contributed by atoms with van der Waals surface area (Å²) in [5.74, 6) is -0.737. The molecule has 19 heavy (non-hydrogen) atoms. The first kappa shape index (κ1) is 12.4. The SMILES string of the molecule is O=C1C(=O)N(CCCN2CCCC2)c2ccccc21. The first-order valence-electron chi connectivity index (χ1n) is 6.95. The number of likely N-dealkylation sites (tertiary alicyclic amines) is 1. The molecule has 2 heterocycles. The molecule has 1 saturated heterocycles. The van der Waals surface area contributed by atoms with Crippen molar-refractivity contribution in [3.05, 3.63) is 29.8 Å². The van der Waals surface area contributed by atoms with Crippen LogP contribution < -0.4 is 4.90 Å². The fourth-order valence-electron chi connectivity index (χ4n) is 2.93. The molecule has 4 heteroatoms. The lowest BCUT2D eigenvalue weighted by atomic mass is 10.1. The number of Topliss-reactive ketones (excluding diaryl/α,β-unsaturated/α-hetero) is 1. The molecule has 0 bridgehead atoms. The van der Waals surface area contributed by atoms with E-state index < -0.39 is 0 Å². The number of benzene rings is 1. The second-order valence-electron chi connectivity index (χ2n) is 5.21. The van der Waals surface area contributed by atoms with E-state index in [0.29, 0.717) is 12.1 Å². The van der Waals surface area contributed by atoms with Gasteiger partial charge < -0.3 is 9.80 Å². The van der Waals surface area contributed by atoms with E-state index in [2.05, 4.69) is 4.90 Å². The summed E-state index contributed by atoms with van der Waals surface area (Å²) in [6, 6.07) is 7.26. The number of amides is 1. The number of anilines is 1. The maximum Gasteiger partial charge on any atom is 0.299 e. The van der Waals surface area contributed by atoms with Gasteiger partial charge in [0.05, 0.1) is 11.3 Å². The van der Waals surface area contributed by atoms with E-state index >= 15 is 0 Å². The molecule has 100 valence electrons. The third-order valence-electron chi connectivity index (χ3n) is 3.93. The molecule has 0 radical (unpaired) electrons. The van der Waals surface area contributed by atoms with Gasteiger partial charge >= 0.3 is 0 Å². The number of carbonyl (C=O) groups excluding carboxylic acids is 2. The molecule has 1 aromatic carbocycles. The van der Waals surface area contributed by atoms with E-state index in [1.165, 1.54) is 25.9 Å². The third kappa shape index (κ3) is 2.28. The minimum atomic E-state index is -0.373. The number of para-hydroxylation sites is 1. The molecule has 0 atom stereocenters. The fraction of sp³-hybridized carbons (Fsp3) is 0.467. The van der Waals surface area contributed by atoms with Crippen molar-refractivity contribution in [2.75, 3.05) is 31.1 Å². The molecule has 0 spiro atoms. The van der Waals surface area contributed by atoms with Crippen LogP contribution in [-0.4, -0.2) is 42.8 Å². The van der Waals surface area contributed by atoms with Crippen molar-refractivity contribution in [1.29, 1.82) is 0 Å². The van der Waals surface area contributed by atoms with E-state index in [1.807, 2.05) is 12.1 Å². The lowest BCUT2D eigenvalue weighted by molar-refractivity contribution is -0.114. The van der Waals surface area contributed by atoms with E-state index in [-0.39, 0.29) is 11.7 Å². The van der Waals surface area contributed by atoms with Crippen LogP contribution in [0.5, 0.6) is 0 Å². The Morgan fingerprint density at radius 3 is 2.53 bits per heavy atom. The van der Waals surface area contributed by atoms with Crippen LogP contribution in [0.3, 0.4) is 0 Å². The van der Waals surface area contributed by atoms with Gasteiger partial charge in [-0.1, -0.05) is 12.1 Å². The number of carbonyl (C=O) groups is 2. The van der Waals surface area contributed by atoms with Gasteiger partial charge in [-0.05, 0) is 51.0 Å². The summed E-state index contributed by atoms with van der Waals surface area (Å²) >= 11 is 0. The Kier molecular flexibility index (Phi) is 3.34. The van der Waals surface area contributed by atoms with Crippen molar-refractivity contribution in [2.24, 2.45) is 0 Å². The average molecular weight is 258 g/mol. The lowest BCUT2D eigenvalue weighted by Crippen LogP contribution is -2.33. The summed E-state index contributed by atoms with van der Waals surface area (Å²) in [5.41, 5.74) is 1.33. The van der Waals surface area contributed by atoms with Gasteiger partial charge in [-0.15, -0.1) is 0 Å². The number of hydrogen-bond acceptors (Lipinski definition) is 3. The van der Waals surface area contributed by atoms with Gasteiger partial charge in [0, 0.05) is 6.54 Å². The highest BCUT2D eigenvalue weighted by molar-refractivity contribution is 6.52. The number of hydrogen-bond donors (Lipinski definition) is 0. The Hall–Kier alpha value is -1.68. The zero-order valence-electron chi connectivity index (χ0n) is 11.0. The fourth-order valence-corrected chi connectivity index (χ4v) is 2.93. The zero-order valence-corrected chi connectivity index (χ0v) is 11.0. The molecule has 0 unspecified atom stereocenters. The van der Waals surface area contributed by atoms with Crippen LogP contribution >= 0.6 is 0 Å². The monoisotopic (exact) mass is 258 g/mol. The van der Waals surface area contributed by atoms with Crippen molar-refractivity contribution < 1.29 is 9.59 Å². The summed E-state index contributed by atoms with van der Waals surface area (Å²) < 4.78 is 0. The van der Waals surface area contributed by atoms with Crippen LogP contribution in [0.25, 0.3) is 0 Å². The normalized spacial score (nSPS) is 19.3. The summed E-state index contributed by atoms with van der Waals surface area (Å²) in [4.78, 5) is 27.8. The third-order valence-corrected chi connectivity index (χ3v) is 3.93. The molecule has 0 N–H and O–H groups in total. The van der Waals surface area contributed by atoms with Crippen LogP contribution in [0, 0.1) is 0 Å². The van der Waals surface area contributed by atoms with Crippen LogP contribution in [0.1, 0.15) is 29.6 Å². The molecular weight excluding hydrogens is 240 g/mol. The molecular formula is C15H18N2O2. The summed E-state index contributed by atoms with van der Waals surface area (Å²) in [5, 5.41) is 0. The smallest absolute Gasteiger partial charge is 0.299 e. The zero-order chi connectivity index (χ0) is 13.2. The molecule has 3 rings (SSSR count). The van der Waals surface area contributed by atoms with Crippen molar-refractivity contribution >= 4 is 17.4 Å². The standard InChI is InChI=1S/C15H18N2O2/c18-14-12-6-1-2-7-13(12)17(15(14)19)11-5-10-16-8-3-4-9-16/h1-2,6-7H,3-5,8-11H2. The Morgan fingerprint density at radius 2 is 1.74 bits per heavy atom. The summed E-state index contributed by atoms with van der Waals surface area (Å²) in [7, 11) is 0. The first-order valence-corrected chi connectivity index (χ1v) is 6.95. The van der Waals surface area contributed by atoms with Crippen LogP contribution in [-0.2, 0) is 4.79 Å². The number of nitrogens with zero attached hydrogens (tertiary/aromatic N) is 2. The van der Waals surface area contributed by atoms with E-state index in [9.17, 15) is 9.59 Å². The molecule has 4 nitrogen and oxygen atoms in total. The van der Waals surface area contributed by atoms with Crippen molar-refractivity contribution in [2.45, 2.75) is 19.3 Å². The Bertz CT molecular complexity index is 507. The van der Waals surface area contributed by atoms with E-state index in [1.54, 1.807) is 17.0 Å². The average Bonchev–Trinajstić information content (AvgIpc) is 3.02. The van der Waals surface area contributed by atoms with Crippen LogP contribution in [0.15, 0.2) is 24.3 Å². The van der Waals surface area contributed by atoms with Gasteiger partial charge in [0.1, 0.15) is 0 Å². The summed E-state index contributed by atoms with van der Waals surface area (Å²) in [6.45, 7) is 3.99. The number of ketones is 1. The van der Waals surface area contributed by atoms with Gasteiger partial charge in [0.25, 0.3) is 11.7 Å². The largest absolute Gasteiger partial charge is 0.305 e. The molecule has 1 aromatic rings. The van der Waals surface area contributed by atoms with Crippen LogP contribution in [0.2, 0.25) is 0 Å². The predicted octanol–water partition coefficient (Wildman–Crippen LogP) is 1.70. The minimum Gasteiger partial charge on any atom is -0.305 e. The summed E-state index contributed by atoms with van der Waals surface area (Å²) in [6.07, 6.45) is 3.49. The molecule has 1 amide bonds. The molecule has 0 aromatic heterocycles. The minimum absolute atomic E-state index is 0.364. The number of fused-ring (bicyclic) bond motifs is 1. The predicted molar refractivity (Wildman–Crippen MR) is 73.4 cm³/mol. The van der Waals surface area contributed by atoms with Crippen LogP contribution in [0.4, 0.5) is 5.69 Å². The van der Waals surface area contributed by atoms with Crippen molar-refractivity contribution in [3.63, 3.8) is 0 Å². The Balaban J connectivity index is 1.64. The van der Waals surface area contributed by atoms with Crippen molar-refractivity contribution in [1.82, 2.24) is 4.90 Å². The van der Waals surface area contributed by atoms with Gasteiger partial charge in [-0.2, -0.15) is 0 Å². The first-order chi connectivity index (χ1) is 9.27. The second kappa shape index (κ2) is 5.13. The Morgan fingerprint density at radius 1 is 1.00 bits per heavy atom. The highest BCUT2D eigenvalue weighted by atomic mass is 16.2. The highest BCUT2D eigenvalue weighted by Gasteiger charge is 2.34. The molecule has 0 aliphatic carbocycles. The molecule has 2 aliphatic rings. The second-order valence-corrected chi connectivity index (χ2v) is 5.21. The van der Waals surface area contributed by atoms with Gasteiger partial charge in [-0.3, -0.25) is 9.59 Å². The van der Waals surface area contributed by atoms with E-state index in [0.717, 1.165) is 18.7 Å². The van der Waals surface area contributed by atoms with Gasteiger partial charge in [0.2, 0.25) is 0 Å². The Labute approximate surface area is 113 Å². The maximum atomic E-state index is 12.0. The van der Waals surface area contributed by atoms with Gasteiger partial charge in [-0.25, -0.2) is 0 Å². The topological polar surface area (TPSA) is 40.6 Å². The molecule has 1 fully saturated rings. The molecule has 0 saturated carbocycles. The van der Waals surface area contributed by atoms with Crippen molar-refractivity contribution in [3.8, 4) is 0 Å².